The van der Waals surface area contributed by atoms with Gasteiger partial charge in [0.05, 0.1) is 5.41 Å². The van der Waals surface area contributed by atoms with Crippen molar-refractivity contribution in [3.63, 3.8) is 0 Å². The van der Waals surface area contributed by atoms with Crippen molar-refractivity contribution in [1.82, 2.24) is 10.2 Å². The van der Waals surface area contributed by atoms with Gasteiger partial charge in [-0.1, -0.05) is 44.2 Å². The molecule has 30 heavy (non-hydrogen) atoms. The zero-order valence-electron chi connectivity index (χ0n) is 18.6. The van der Waals surface area contributed by atoms with Crippen molar-refractivity contribution in [2.45, 2.75) is 59.4 Å². The number of rotatable bonds is 7. The van der Waals surface area contributed by atoms with Gasteiger partial charge >= 0.3 is 0 Å². The van der Waals surface area contributed by atoms with Crippen LogP contribution in [0.4, 0.5) is 0 Å². The highest BCUT2D eigenvalue weighted by Crippen LogP contribution is 2.39. The molecule has 1 saturated heterocycles. The first-order valence-electron chi connectivity index (χ1n) is 11.0. The van der Waals surface area contributed by atoms with Gasteiger partial charge in [0, 0.05) is 30.4 Å². The highest BCUT2D eigenvalue weighted by Gasteiger charge is 2.42. The number of thiophene rings is 1. The Balaban J connectivity index is 1.85. The second kappa shape index (κ2) is 9.78. The standard InChI is InChI=1S/C25H34N2O2S/c1-18(2)16-23(28)27-13-11-25(12-14-27,24(29)26-19(3)4)17-20-8-5-6-9-21(20)22-10-7-15-30-22/h5-10,15,18-19H,11-14,16-17H2,1-4H3,(H,26,29). The molecule has 0 atom stereocenters. The molecule has 162 valence electrons. The van der Waals surface area contributed by atoms with Crippen LogP contribution in [0.2, 0.25) is 0 Å². The lowest BCUT2D eigenvalue weighted by atomic mass is 9.72. The molecule has 5 heteroatoms. The second-order valence-electron chi connectivity index (χ2n) is 9.20. The summed E-state index contributed by atoms with van der Waals surface area (Å²) in [6.07, 6.45) is 2.68. The third kappa shape index (κ3) is 5.31. The summed E-state index contributed by atoms with van der Waals surface area (Å²) in [7, 11) is 0. The third-order valence-corrected chi connectivity index (χ3v) is 6.79. The lowest BCUT2D eigenvalue weighted by molar-refractivity contribution is -0.141. The number of hydrogen-bond donors (Lipinski definition) is 1. The van der Waals surface area contributed by atoms with Crippen LogP contribution in [0.25, 0.3) is 10.4 Å². The molecule has 1 N–H and O–H groups in total. The van der Waals surface area contributed by atoms with Crippen LogP contribution >= 0.6 is 11.3 Å². The van der Waals surface area contributed by atoms with Crippen molar-refractivity contribution >= 4 is 23.2 Å². The Morgan fingerprint density at radius 3 is 2.37 bits per heavy atom. The second-order valence-corrected chi connectivity index (χ2v) is 10.1. The summed E-state index contributed by atoms with van der Waals surface area (Å²) >= 11 is 1.73. The summed E-state index contributed by atoms with van der Waals surface area (Å²) in [6.45, 7) is 9.46. The molecule has 2 heterocycles. The molecule has 2 aromatic rings. The molecule has 4 nitrogen and oxygen atoms in total. The highest BCUT2D eigenvalue weighted by atomic mass is 32.1. The number of amides is 2. The van der Waals surface area contributed by atoms with E-state index in [0.717, 1.165) is 0 Å². The number of benzene rings is 1. The lowest BCUT2D eigenvalue weighted by Crippen LogP contribution is -2.52. The molecule has 1 aliphatic rings. The van der Waals surface area contributed by atoms with E-state index in [1.165, 1.54) is 16.0 Å². The van der Waals surface area contributed by atoms with Gasteiger partial charge in [0.1, 0.15) is 0 Å². The first kappa shape index (κ1) is 22.5. The first-order valence-corrected chi connectivity index (χ1v) is 11.9. The van der Waals surface area contributed by atoms with Gasteiger partial charge in [0.25, 0.3) is 0 Å². The van der Waals surface area contributed by atoms with Crippen LogP contribution in [-0.4, -0.2) is 35.8 Å². The SMILES string of the molecule is CC(C)CC(=O)N1CCC(Cc2ccccc2-c2cccs2)(C(=O)NC(C)C)CC1. The topological polar surface area (TPSA) is 49.4 Å². The molecular formula is C25H34N2O2S. The van der Waals surface area contributed by atoms with Crippen LogP contribution in [-0.2, 0) is 16.0 Å². The molecular weight excluding hydrogens is 392 g/mol. The average molecular weight is 427 g/mol. The molecule has 0 radical (unpaired) electrons. The number of nitrogens with zero attached hydrogens (tertiary/aromatic N) is 1. The van der Waals surface area contributed by atoms with Crippen LogP contribution < -0.4 is 5.32 Å². The van der Waals surface area contributed by atoms with Crippen molar-refractivity contribution in [2.75, 3.05) is 13.1 Å². The van der Waals surface area contributed by atoms with Gasteiger partial charge in [-0.3, -0.25) is 9.59 Å². The number of piperidine rings is 1. The van der Waals surface area contributed by atoms with Crippen molar-refractivity contribution in [3.8, 4) is 10.4 Å². The molecule has 0 saturated carbocycles. The number of carbonyl (C=O) groups is 2. The summed E-state index contributed by atoms with van der Waals surface area (Å²) in [4.78, 5) is 29.1. The van der Waals surface area contributed by atoms with E-state index in [-0.39, 0.29) is 17.9 Å². The number of carbonyl (C=O) groups excluding carboxylic acids is 2. The van der Waals surface area contributed by atoms with Crippen LogP contribution in [0.15, 0.2) is 41.8 Å². The van der Waals surface area contributed by atoms with Crippen molar-refractivity contribution in [1.29, 1.82) is 0 Å². The van der Waals surface area contributed by atoms with E-state index in [1.54, 1.807) is 11.3 Å². The molecule has 0 aliphatic carbocycles. The summed E-state index contributed by atoms with van der Waals surface area (Å²) < 4.78 is 0. The van der Waals surface area contributed by atoms with Gasteiger partial charge in [-0.2, -0.15) is 0 Å². The molecule has 2 amide bonds. The first-order chi connectivity index (χ1) is 14.3. The van der Waals surface area contributed by atoms with E-state index in [9.17, 15) is 9.59 Å². The fraction of sp³-hybridized carbons (Fsp3) is 0.520. The highest BCUT2D eigenvalue weighted by molar-refractivity contribution is 7.13. The van der Waals surface area contributed by atoms with E-state index in [0.29, 0.717) is 44.7 Å². The molecule has 1 aliphatic heterocycles. The van der Waals surface area contributed by atoms with Gasteiger partial charge in [0.2, 0.25) is 11.8 Å². The maximum atomic E-state index is 13.4. The Hall–Kier alpha value is -2.14. The number of nitrogens with one attached hydrogen (secondary N) is 1. The lowest BCUT2D eigenvalue weighted by Gasteiger charge is -2.41. The fourth-order valence-corrected chi connectivity index (χ4v) is 5.06. The van der Waals surface area contributed by atoms with E-state index in [4.69, 9.17) is 0 Å². The van der Waals surface area contributed by atoms with E-state index >= 15 is 0 Å². The van der Waals surface area contributed by atoms with Gasteiger partial charge in [0.15, 0.2) is 0 Å². The molecule has 1 aromatic heterocycles. The molecule has 0 unspecified atom stereocenters. The van der Waals surface area contributed by atoms with Gasteiger partial charge < -0.3 is 10.2 Å². The molecule has 0 spiro atoms. The van der Waals surface area contributed by atoms with Crippen molar-refractivity contribution < 1.29 is 9.59 Å². The number of likely N-dealkylation sites (tertiary alicyclic amines) is 1. The monoisotopic (exact) mass is 426 g/mol. The quantitative estimate of drug-likeness (QED) is 0.667. The summed E-state index contributed by atoms with van der Waals surface area (Å²) in [6, 6.07) is 12.7. The maximum Gasteiger partial charge on any atom is 0.226 e. The Morgan fingerprint density at radius 2 is 1.77 bits per heavy atom. The fourth-order valence-electron chi connectivity index (χ4n) is 4.27. The van der Waals surface area contributed by atoms with Gasteiger partial charge in [-0.25, -0.2) is 0 Å². The largest absolute Gasteiger partial charge is 0.353 e. The van der Waals surface area contributed by atoms with Gasteiger partial charge in [-0.15, -0.1) is 11.3 Å². The predicted molar refractivity (Wildman–Crippen MR) is 124 cm³/mol. The smallest absolute Gasteiger partial charge is 0.226 e. The van der Waals surface area contributed by atoms with Crippen LogP contribution in [0, 0.1) is 11.3 Å². The van der Waals surface area contributed by atoms with Crippen LogP contribution in [0.5, 0.6) is 0 Å². The Labute approximate surface area is 184 Å². The van der Waals surface area contributed by atoms with Crippen LogP contribution in [0.1, 0.15) is 52.5 Å². The minimum Gasteiger partial charge on any atom is -0.353 e. The van der Waals surface area contributed by atoms with Gasteiger partial charge in [-0.05, 0) is 61.6 Å². The van der Waals surface area contributed by atoms with Crippen molar-refractivity contribution in [2.24, 2.45) is 11.3 Å². The molecule has 1 fully saturated rings. The van der Waals surface area contributed by atoms with E-state index in [1.807, 2.05) is 18.7 Å². The molecule has 0 bridgehead atoms. The molecule has 3 rings (SSSR count). The zero-order valence-corrected chi connectivity index (χ0v) is 19.4. The summed E-state index contributed by atoms with van der Waals surface area (Å²) in [5, 5.41) is 5.25. The predicted octanol–water partition coefficient (Wildman–Crippen LogP) is 5.14. The van der Waals surface area contributed by atoms with Crippen LogP contribution in [0.3, 0.4) is 0 Å². The Morgan fingerprint density at radius 1 is 1.07 bits per heavy atom. The van der Waals surface area contributed by atoms with E-state index < -0.39 is 5.41 Å². The molecule has 1 aromatic carbocycles. The van der Waals surface area contributed by atoms with Crippen molar-refractivity contribution in [3.05, 3.63) is 47.3 Å². The normalized spacial score (nSPS) is 16.1. The Bertz CT molecular complexity index is 850. The minimum absolute atomic E-state index is 0.0996. The Kier molecular flexibility index (Phi) is 7.35. The summed E-state index contributed by atoms with van der Waals surface area (Å²) in [5.74, 6) is 0.683. The summed E-state index contributed by atoms with van der Waals surface area (Å²) in [5.41, 5.74) is 1.94. The third-order valence-electron chi connectivity index (χ3n) is 5.89. The van der Waals surface area contributed by atoms with E-state index in [2.05, 4.69) is 60.9 Å². The average Bonchev–Trinajstić information content (AvgIpc) is 3.22. The zero-order chi connectivity index (χ0) is 21.7. The maximum absolute atomic E-state index is 13.4. The number of hydrogen-bond acceptors (Lipinski definition) is 3. The minimum atomic E-state index is -0.480.